The smallest absolute Gasteiger partial charge is 0.253 e. The van der Waals surface area contributed by atoms with Crippen LogP contribution in [0.4, 0.5) is 5.69 Å². The molecule has 1 aromatic carbocycles. The summed E-state index contributed by atoms with van der Waals surface area (Å²) < 4.78 is 31.1. The predicted molar refractivity (Wildman–Crippen MR) is 119 cm³/mol. The molecule has 0 atom stereocenters. The van der Waals surface area contributed by atoms with Gasteiger partial charge in [-0.1, -0.05) is 26.2 Å². The number of hydrogen-bond donors (Lipinski definition) is 0. The van der Waals surface area contributed by atoms with E-state index in [2.05, 4.69) is 11.8 Å². The number of unbranched alkanes of at least 4 members (excludes halogenated alkanes) is 3. The molecular weight excluding hydrogens is 402 g/mol. The van der Waals surface area contributed by atoms with Gasteiger partial charge >= 0.3 is 0 Å². The van der Waals surface area contributed by atoms with Gasteiger partial charge in [-0.25, -0.2) is 8.42 Å². The van der Waals surface area contributed by atoms with Crippen LogP contribution in [0, 0.1) is 0 Å². The van der Waals surface area contributed by atoms with Gasteiger partial charge in [-0.15, -0.1) is 0 Å². The molecule has 0 radical (unpaired) electrons. The summed E-state index contributed by atoms with van der Waals surface area (Å²) in [5.41, 5.74) is 1.26. The first-order valence-corrected chi connectivity index (χ1v) is 12.8. The van der Waals surface area contributed by atoms with Crippen LogP contribution >= 0.6 is 0 Å². The molecule has 3 rings (SSSR count). The number of nitrogens with zero attached hydrogens (tertiary/aromatic N) is 3. The number of hydrogen-bond acceptors (Lipinski definition) is 5. The zero-order valence-corrected chi connectivity index (χ0v) is 18.9. The minimum Gasteiger partial charge on any atom is -0.379 e. The van der Waals surface area contributed by atoms with Crippen LogP contribution in [-0.2, 0) is 14.8 Å². The number of carbonyl (C=O) groups is 1. The van der Waals surface area contributed by atoms with E-state index in [0.29, 0.717) is 30.8 Å². The summed E-state index contributed by atoms with van der Waals surface area (Å²) in [7, 11) is -3.21. The van der Waals surface area contributed by atoms with E-state index < -0.39 is 10.0 Å². The standard InChI is InChI=1S/C22H35N3O4S/c1-2-3-4-5-11-24(14-13-23-15-17-29-18-16-23)22(26)20-7-9-21(10-8-20)25-12-6-19-30(25,27)28/h7-10H,2-6,11-19H2,1H3. The zero-order valence-electron chi connectivity index (χ0n) is 18.1. The molecule has 7 nitrogen and oxygen atoms in total. The molecule has 0 unspecified atom stereocenters. The van der Waals surface area contributed by atoms with Gasteiger partial charge in [0.05, 0.1) is 24.7 Å². The highest BCUT2D eigenvalue weighted by Crippen LogP contribution is 2.24. The Morgan fingerprint density at radius 3 is 2.40 bits per heavy atom. The molecule has 0 bridgehead atoms. The zero-order chi connectivity index (χ0) is 21.4. The number of sulfonamides is 1. The van der Waals surface area contributed by atoms with Crippen LogP contribution in [0.3, 0.4) is 0 Å². The molecule has 1 amide bonds. The molecule has 0 spiro atoms. The Bertz CT molecular complexity index is 776. The normalized spacial score (nSPS) is 19.2. The van der Waals surface area contributed by atoms with Gasteiger partial charge in [0.1, 0.15) is 0 Å². The van der Waals surface area contributed by atoms with Gasteiger partial charge in [-0.05, 0) is 37.1 Å². The van der Waals surface area contributed by atoms with Crippen molar-refractivity contribution in [2.24, 2.45) is 0 Å². The molecule has 2 fully saturated rings. The van der Waals surface area contributed by atoms with E-state index in [4.69, 9.17) is 4.74 Å². The first-order valence-electron chi connectivity index (χ1n) is 11.2. The molecular formula is C22H35N3O4S. The Labute approximate surface area is 181 Å². The Kier molecular flexibility index (Phi) is 8.53. The number of benzene rings is 1. The minimum atomic E-state index is -3.21. The van der Waals surface area contributed by atoms with Gasteiger partial charge in [-0.3, -0.25) is 14.0 Å². The topological polar surface area (TPSA) is 70.2 Å². The van der Waals surface area contributed by atoms with Crippen molar-refractivity contribution in [2.45, 2.75) is 39.0 Å². The third-order valence-electron chi connectivity index (χ3n) is 5.86. The molecule has 2 aliphatic rings. The molecule has 2 saturated heterocycles. The molecule has 0 aromatic heterocycles. The van der Waals surface area contributed by atoms with Crippen LogP contribution in [0.25, 0.3) is 0 Å². The molecule has 0 N–H and O–H groups in total. The Morgan fingerprint density at radius 2 is 1.77 bits per heavy atom. The summed E-state index contributed by atoms with van der Waals surface area (Å²) in [5.74, 6) is 0.219. The summed E-state index contributed by atoms with van der Waals surface area (Å²) in [4.78, 5) is 17.5. The van der Waals surface area contributed by atoms with Crippen LogP contribution in [0.1, 0.15) is 49.4 Å². The fraction of sp³-hybridized carbons (Fsp3) is 0.682. The highest BCUT2D eigenvalue weighted by Gasteiger charge is 2.28. The maximum Gasteiger partial charge on any atom is 0.253 e. The van der Waals surface area contributed by atoms with Gasteiger partial charge in [0, 0.05) is 44.8 Å². The monoisotopic (exact) mass is 437 g/mol. The van der Waals surface area contributed by atoms with Crippen molar-refractivity contribution >= 4 is 21.6 Å². The average molecular weight is 438 g/mol. The number of amides is 1. The molecule has 168 valence electrons. The lowest BCUT2D eigenvalue weighted by Crippen LogP contribution is -2.43. The Hall–Kier alpha value is -1.64. The van der Waals surface area contributed by atoms with Gasteiger partial charge in [0.25, 0.3) is 5.91 Å². The maximum absolute atomic E-state index is 13.2. The summed E-state index contributed by atoms with van der Waals surface area (Å²) in [6.45, 7) is 8.35. The number of morpholine rings is 1. The molecule has 0 saturated carbocycles. The Balaban J connectivity index is 1.64. The molecule has 0 aliphatic carbocycles. The van der Waals surface area contributed by atoms with Crippen LogP contribution in [0.2, 0.25) is 0 Å². The van der Waals surface area contributed by atoms with Crippen molar-refractivity contribution in [2.75, 3.05) is 62.5 Å². The van der Waals surface area contributed by atoms with Crippen molar-refractivity contribution < 1.29 is 17.9 Å². The number of anilines is 1. The van der Waals surface area contributed by atoms with Gasteiger partial charge in [-0.2, -0.15) is 0 Å². The highest BCUT2D eigenvalue weighted by atomic mass is 32.2. The maximum atomic E-state index is 13.2. The number of carbonyl (C=O) groups excluding carboxylic acids is 1. The predicted octanol–water partition coefficient (Wildman–Crippen LogP) is 2.58. The third-order valence-corrected chi connectivity index (χ3v) is 7.73. The first-order chi connectivity index (χ1) is 14.5. The SMILES string of the molecule is CCCCCCN(CCN1CCOCC1)C(=O)c1ccc(N2CCCS2(=O)=O)cc1. The quantitative estimate of drug-likeness (QED) is 0.526. The summed E-state index contributed by atoms with van der Waals surface area (Å²) in [5, 5.41) is 0. The fourth-order valence-corrected chi connectivity index (χ4v) is 5.58. The second-order valence-corrected chi connectivity index (χ2v) is 10.1. The van der Waals surface area contributed by atoms with E-state index in [1.165, 1.54) is 17.1 Å². The van der Waals surface area contributed by atoms with E-state index in [9.17, 15) is 13.2 Å². The van der Waals surface area contributed by atoms with Gasteiger partial charge < -0.3 is 9.64 Å². The van der Waals surface area contributed by atoms with Crippen molar-refractivity contribution in [1.29, 1.82) is 0 Å². The molecule has 1 aromatic rings. The summed E-state index contributed by atoms with van der Waals surface area (Å²) in [6.07, 6.45) is 5.14. The summed E-state index contributed by atoms with van der Waals surface area (Å²) >= 11 is 0. The molecule has 2 aliphatic heterocycles. The lowest BCUT2D eigenvalue weighted by molar-refractivity contribution is 0.0324. The highest BCUT2D eigenvalue weighted by molar-refractivity contribution is 7.93. The Morgan fingerprint density at radius 1 is 1.03 bits per heavy atom. The largest absolute Gasteiger partial charge is 0.379 e. The lowest BCUT2D eigenvalue weighted by atomic mass is 10.1. The fourth-order valence-electron chi connectivity index (χ4n) is 4.01. The van der Waals surface area contributed by atoms with Crippen LogP contribution in [0.15, 0.2) is 24.3 Å². The van der Waals surface area contributed by atoms with E-state index in [1.54, 1.807) is 24.3 Å². The van der Waals surface area contributed by atoms with Gasteiger partial charge in [0.15, 0.2) is 0 Å². The second kappa shape index (κ2) is 11.1. The lowest BCUT2D eigenvalue weighted by Gasteiger charge is -2.30. The van der Waals surface area contributed by atoms with E-state index in [0.717, 1.165) is 52.2 Å². The first kappa shape index (κ1) is 23.0. The van der Waals surface area contributed by atoms with E-state index in [1.807, 2.05) is 4.90 Å². The number of ether oxygens (including phenoxy) is 1. The van der Waals surface area contributed by atoms with E-state index in [-0.39, 0.29) is 11.7 Å². The van der Waals surface area contributed by atoms with E-state index >= 15 is 0 Å². The van der Waals surface area contributed by atoms with Crippen LogP contribution in [0.5, 0.6) is 0 Å². The minimum absolute atomic E-state index is 0.0237. The van der Waals surface area contributed by atoms with Crippen molar-refractivity contribution in [3.8, 4) is 0 Å². The van der Waals surface area contributed by atoms with Crippen LogP contribution < -0.4 is 4.31 Å². The third kappa shape index (κ3) is 6.18. The molecule has 8 heteroatoms. The van der Waals surface area contributed by atoms with Crippen molar-refractivity contribution in [1.82, 2.24) is 9.80 Å². The average Bonchev–Trinajstić information content (AvgIpc) is 3.12. The van der Waals surface area contributed by atoms with Crippen LogP contribution in [-0.4, -0.2) is 82.4 Å². The second-order valence-electron chi connectivity index (χ2n) is 8.10. The molecule has 30 heavy (non-hydrogen) atoms. The summed E-state index contributed by atoms with van der Waals surface area (Å²) in [6, 6.07) is 7.04. The van der Waals surface area contributed by atoms with Gasteiger partial charge in [0.2, 0.25) is 10.0 Å². The van der Waals surface area contributed by atoms with Crippen molar-refractivity contribution in [3.05, 3.63) is 29.8 Å². The number of rotatable bonds is 10. The molecule has 2 heterocycles. The van der Waals surface area contributed by atoms with Crippen molar-refractivity contribution in [3.63, 3.8) is 0 Å².